The van der Waals surface area contributed by atoms with Crippen molar-refractivity contribution in [2.75, 3.05) is 47.5 Å². The van der Waals surface area contributed by atoms with Crippen LogP contribution >= 0.6 is 0 Å². The minimum Gasteiger partial charge on any atom is -0.477 e. The summed E-state index contributed by atoms with van der Waals surface area (Å²) in [4.78, 5) is 37.6. The molecule has 0 fully saturated rings. The molecule has 0 aliphatic rings. The van der Waals surface area contributed by atoms with Gasteiger partial charge >= 0.3 is 17.9 Å². The second-order valence-corrected chi connectivity index (χ2v) is 25.2. The van der Waals surface area contributed by atoms with E-state index in [0.717, 1.165) is 77.0 Å². The molecule has 0 aromatic carbocycles. The van der Waals surface area contributed by atoms with Crippen molar-refractivity contribution >= 4 is 17.9 Å². The zero-order chi connectivity index (χ0) is 61.9. The molecule has 9 nitrogen and oxygen atoms in total. The van der Waals surface area contributed by atoms with E-state index in [0.29, 0.717) is 17.4 Å². The van der Waals surface area contributed by atoms with Crippen LogP contribution in [0.3, 0.4) is 0 Å². The summed E-state index contributed by atoms with van der Waals surface area (Å²) in [5.74, 6) is -1.99. The topological polar surface area (TPSA) is 108 Å². The molecule has 0 saturated carbocycles. The Hall–Kier alpha value is -3.53. The molecule has 0 amide bonds. The molecule has 2 unspecified atom stereocenters. The van der Waals surface area contributed by atoms with Crippen LogP contribution in [0.15, 0.2) is 85.1 Å². The summed E-state index contributed by atoms with van der Waals surface area (Å²) >= 11 is 0. The number of rotatable bonds is 66. The maximum absolute atomic E-state index is 13.0. The molecule has 85 heavy (non-hydrogen) atoms. The monoisotopic (exact) mass is 1190 g/mol. The number of allylic oxidation sites excluding steroid dienone is 14. The van der Waals surface area contributed by atoms with Gasteiger partial charge in [0.1, 0.15) is 13.2 Å². The van der Waals surface area contributed by atoms with Gasteiger partial charge in [-0.1, -0.05) is 304 Å². The van der Waals surface area contributed by atoms with Crippen LogP contribution in [-0.2, 0) is 33.3 Å². The first-order valence-electron chi connectivity index (χ1n) is 35.8. The largest absolute Gasteiger partial charge is 0.477 e. The average Bonchev–Trinajstić information content (AvgIpc) is 3.49. The second kappa shape index (κ2) is 66.4. The molecular weight excluding hydrogens is 1050 g/mol. The van der Waals surface area contributed by atoms with Crippen molar-refractivity contribution in [3.05, 3.63) is 85.1 Å². The maximum Gasteiger partial charge on any atom is 0.361 e. The van der Waals surface area contributed by atoms with Crippen molar-refractivity contribution in [1.29, 1.82) is 0 Å². The molecule has 0 radical (unpaired) electrons. The highest BCUT2D eigenvalue weighted by Crippen LogP contribution is 2.18. The highest BCUT2D eigenvalue weighted by Gasteiger charge is 2.25. The van der Waals surface area contributed by atoms with Gasteiger partial charge < -0.3 is 28.5 Å². The van der Waals surface area contributed by atoms with Crippen molar-refractivity contribution in [3.8, 4) is 0 Å². The first-order chi connectivity index (χ1) is 41.6. The van der Waals surface area contributed by atoms with E-state index in [9.17, 15) is 19.5 Å². The van der Waals surface area contributed by atoms with Crippen LogP contribution in [0, 0.1) is 0 Å². The Balaban J connectivity index is 4.08. The Morgan fingerprint density at radius 1 is 0.365 bits per heavy atom. The van der Waals surface area contributed by atoms with Crippen molar-refractivity contribution in [1.82, 2.24) is 0 Å². The number of hydrogen-bond donors (Lipinski definition) is 1. The van der Waals surface area contributed by atoms with E-state index < -0.39 is 24.3 Å². The second-order valence-electron chi connectivity index (χ2n) is 25.2. The third-order valence-electron chi connectivity index (χ3n) is 15.6. The molecule has 2 atom stereocenters. The number of ether oxygens (including phenoxy) is 4. The van der Waals surface area contributed by atoms with E-state index in [1.807, 2.05) is 21.1 Å². The first kappa shape index (κ1) is 81.5. The number of aliphatic carboxylic acids is 1. The lowest BCUT2D eigenvalue weighted by atomic mass is 10.0. The lowest BCUT2D eigenvalue weighted by molar-refractivity contribution is -0.870. The van der Waals surface area contributed by atoms with Crippen LogP contribution in [0.4, 0.5) is 0 Å². The fourth-order valence-corrected chi connectivity index (χ4v) is 10.2. The Morgan fingerprint density at radius 2 is 0.671 bits per heavy atom. The molecule has 0 aliphatic heterocycles. The summed E-state index contributed by atoms with van der Waals surface area (Å²) in [5, 5.41) is 9.75. The third kappa shape index (κ3) is 67.8. The van der Waals surface area contributed by atoms with Crippen molar-refractivity contribution in [2.45, 2.75) is 334 Å². The summed E-state index contributed by atoms with van der Waals surface area (Å²) in [6.45, 7) is 4.79. The first-order valence-corrected chi connectivity index (χ1v) is 35.8. The lowest BCUT2D eigenvalue weighted by Gasteiger charge is -2.25. The molecule has 0 spiro atoms. The van der Waals surface area contributed by atoms with Gasteiger partial charge in [0, 0.05) is 12.8 Å². The molecule has 0 rings (SSSR count). The molecule has 492 valence electrons. The van der Waals surface area contributed by atoms with Gasteiger partial charge in [-0.05, 0) is 89.9 Å². The van der Waals surface area contributed by atoms with Gasteiger partial charge in [0.15, 0.2) is 6.10 Å². The Labute approximate surface area is 525 Å². The smallest absolute Gasteiger partial charge is 0.361 e. The van der Waals surface area contributed by atoms with E-state index in [1.165, 1.54) is 218 Å². The van der Waals surface area contributed by atoms with Crippen LogP contribution in [0.1, 0.15) is 322 Å². The third-order valence-corrected chi connectivity index (χ3v) is 15.6. The van der Waals surface area contributed by atoms with Crippen molar-refractivity contribution < 1.29 is 42.9 Å². The van der Waals surface area contributed by atoms with Crippen LogP contribution in [-0.4, -0.2) is 87.4 Å². The molecular formula is C76H136NO8+. The van der Waals surface area contributed by atoms with E-state index >= 15 is 0 Å². The molecule has 0 aromatic rings. The van der Waals surface area contributed by atoms with Gasteiger partial charge in [-0.3, -0.25) is 9.59 Å². The number of esters is 2. The van der Waals surface area contributed by atoms with E-state index in [4.69, 9.17) is 18.9 Å². The molecule has 0 aliphatic carbocycles. The van der Waals surface area contributed by atoms with E-state index in [2.05, 4.69) is 98.9 Å². The molecule has 0 bridgehead atoms. The Bertz CT molecular complexity index is 1670. The quantitative estimate of drug-likeness (QED) is 0.0211. The van der Waals surface area contributed by atoms with Gasteiger partial charge in [-0.25, -0.2) is 4.79 Å². The fourth-order valence-electron chi connectivity index (χ4n) is 10.2. The minimum absolute atomic E-state index is 0.182. The zero-order valence-electron chi connectivity index (χ0n) is 56.3. The maximum atomic E-state index is 13.0. The van der Waals surface area contributed by atoms with Crippen LogP contribution in [0.2, 0.25) is 0 Å². The highest BCUT2D eigenvalue weighted by atomic mass is 16.7. The average molecular weight is 1190 g/mol. The summed E-state index contributed by atoms with van der Waals surface area (Å²) in [6, 6.07) is 0. The van der Waals surface area contributed by atoms with Crippen molar-refractivity contribution in [2.24, 2.45) is 0 Å². The van der Waals surface area contributed by atoms with Gasteiger partial charge in [-0.15, -0.1) is 0 Å². The number of carboxylic acids is 1. The lowest BCUT2D eigenvalue weighted by Crippen LogP contribution is -2.40. The SMILES string of the molecule is CC/C=C\C/C=C\C/C=C\C/C=C\CCCCCCCCCCCCCCCCCCCCCCC(=O)OC(COC(=O)CCCCCCCCCCCCCC/C=C\C/C=C\C/C=C\CCCCCCC)COC(OCC[N+](C)(C)C)C(=O)O. The molecule has 9 heteroatoms. The number of likely N-dealkylation sites (N-methyl/N-ethyl adjacent to an activating group) is 1. The standard InChI is InChI=1S/C76H135NO8/c1-6-8-10-12-14-16-18-20-22-24-26-28-30-32-34-35-36-37-38-39-41-43-45-47-49-51-53-55-57-59-61-63-65-67-74(79)85-72(71-84-76(75(80)81)82-69-68-77(3,4)5)70-83-73(78)66-64-62-60-58-56-54-52-50-48-46-44-42-40-33-31-29-27-25-23-21-19-17-15-13-11-9-7-2/h8,10,14,16,19-22,25-28,31,33,72,76H,6-7,9,11-13,15,17-18,23-24,29-30,32,34-71H2,1-5H3/p+1/b10-8-,16-14-,21-19-,22-20-,27-25-,28-26-,33-31-. The fraction of sp³-hybridized carbons (Fsp3) is 0.776. The van der Waals surface area contributed by atoms with Gasteiger partial charge in [0.2, 0.25) is 0 Å². The minimum atomic E-state index is -1.51. The molecule has 0 saturated heterocycles. The highest BCUT2D eigenvalue weighted by molar-refractivity contribution is 5.71. The summed E-state index contributed by atoms with van der Waals surface area (Å²) < 4.78 is 23.0. The predicted molar refractivity (Wildman–Crippen MR) is 364 cm³/mol. The summed E-state index contributed by atoms with van der Waals surface area (Å²) in [5.41, 5.74) is 0. The van der Waals surface area contributed by atoms with Crippen LogP contribution in [0.25, 0.3) is 0 Å². The predicted octanol–water partition coefficient (Wildman–Crippen LogP) is 22.2. The van der Waals surface area contributed by atoms with Crippen LogP contribution in [0.5, 0.6) is 0 Å². The van der Waals surface area contributed by atoms with Gasteiger partial charge in [0.25, 0.3) is 6.29 Å². The van der Waals surface area contributed by atoms with E-state index in [-0.39, 0.29) is 32.2 Å². The summed E-state index contributed by atoms with van der Waals surface area (Å²) in [6.07, 6.45) is 87.0. The number of hydrogen-bond acceptors (Lipinski definition) is 7. The Morgan fingerprint density at radius 3 is 1.00 bits per heavy atom. The number of carboxylic acid groups (broad SMARTS) is 1. The number of unbranched alkanes of at least 4 members (excludes halogenated alkanes) is 37. The number of quaternary nitrogens is 1. The molecule has 0 heterocycles. The number of nitrogens with zero attached hydrogens (tertiary/aromatic N) is 1. The number of carbonyl (C=O) groups excluding carboxylic acids is 2. The molecule has 1 N–H and O–H groups in total. The van der Waals surface area contributed by atoms with Gasteiger partial charge in [0.05, 0.1) is 34.4 Å². The normalized spacial score (nSPS) is 13.2. The zero-order valence-corrected chi connectivity index (χ0v) is 56.3. The van der Waals surface area contributed by atoms with E-state index in [1.54, 1.807) is 0 Å². The van der Waals surface area contributed by atoms with Crippen molar-refractivity contribution in [3.63, 3.8) is 0 Å². The van der Waals surface area contributed by atoms with Crippen LogP contribution < -0.4 is 0 Å². The van der Waals surface area contributed by atoms with Gasteiger partial charge in [-0.2, -0.15) is 0 Å². The molecule has 0 aromatic heterocycles. The number of carbonyl (C=O) groups is 3. The Kier molecular flexibility index (Phi) is 63.7. The summed E-state index contributed by atoms with van der Waals surface area (Å²) in [7, 11) is 5.98.